The molecule has 2 amide bonds. The van der Waals surface area contributed by atoms with E-state index in [2.05, 4.69) is 5.32 Å². The second kappa shape index (κ2) is 8.28. The third-order valence-electron chi connectivity index (χ3n) is 2.50. The van der Waals surface area contributed by atoms with Gasteiger partial charge in [0, 0.05) is 26.1 Å². The van der Waals surface area contributed by atoms with Crippen LogP contribution < -0.4 is 5.32 Å². The van der Waals surface area contributed by atoms with Gasteiger partial charge in [-0.05, 0) is 6.07 Å². The summed E-state index contributed by atoms with van der Waals surface area (Å²) >= 11 is 0. The van der Waals surface area contributed by atoms with Gasteiger partial charge in [-0.15, -0.1) is 0 Å². The highest BCUT2D eigenvalue weighted by Gasteiger charge is 2.13. The van der Waals surface area contributed by atoms with Crippen LogP contribution in [0.15, 0.2) is 23.0 Å². The van der Waals surface area contributed by atoms with Crippen molar-refractivity contribution >= 4 is 11.8 Å². The number of nitrogens with one attached hydrogen (secondary N) is 1. The maximum atomic E-state index is 11.7. The predicted molar refractivity (Wildman–Crippen MR) is 66.4 cm³/mol. The molecule has 0 aliphatic heterocycles. The second-order valence-electron chi connectivity index (χ2n) is 3.85. The molecule has 0 saturated heterocycles. The zero-order valence-corrected chi connectivity index (χ0v) is 10.5. The lowest BCUT2D eigenvalue weighted by Gasteiger charge is -2.20. The summed E-state index contributed by atoms with van der Waals surface area (Å²) in [6, 6.07) is 1.53. The zero-order chi connectivity index (χ0) is 14.1. The van der Waals surface area contributed by atoms with E-state index in [1.54, 1.807) is 0 Å². The van der Waals surface area contributed by atoms with Gasteiger partial charge in [0.25, 0.3) is 5.91 Å². The molecule has 7 nitrogen and oxygen atoms in total. The van der Waals surface area contributed by atoms with Gasteiger partial charge >= 0.3 is 0 Å². The minimum absolute atomic E-state index is 0.115. The first-order valence-corrected chi connectivity index (χ1v) is 5.99. The van der Waals surface area contributed by atoms with Crippen LogP contribution in [0.1, 0.15) is 16.8 Å². The van der Waals surface area contributed by atoms with Crippen LogP contribution in [0, 0.1) is 0 Å². The molecule has 3 N–H and O–H groups in total. The Kier molecular flexibility index (Phi) is 6.62. The molecule has 1 aromatic rings. The van der Waals surface area contributed by atoms with E-state index in [9.17, 15) is 9.59 Å². The van der Waals surface area contributed by atoms with Crippen molar-refractivity contribution in [2.75, 3.05) is 32.8 Å². The highest BCUT2D eigenvalue weighted by atomic mass is 16.3. The van der Waals surface area contributed by atoms with Crippen molar-refractivity contribution in [3.05, 3.63) is 24.2 Å². The molecule has 0 aliphatic rings. The minimum Gasteiger partial charge on any atom is -0.472 e. The lowest BCUT2D eigenvalue weighted by Crippen LogP contribution is -2.38. The summed E-state index contributed by atoms with van der Waals surface area (Å²) in [4.78, 5) is 24.6. The lowest BCUT2D eigenvalue weighted by molar-refractivity contribution is -0.132. The largest absolute Gasteiger partial charge is 0.472 e. The van der Waals surface area contributed by atoms with Crippen LogP contribution in [-0.4, -0.2) is 59.8 Å². The van der Waals surface area contributed by atoms with Crippen LogP contribution >= 0.6 is 0 Å². The van der Waals surface area contributed by atoms with Gasteiger partial charge in [0.05, 0.1) is 25.0 Å². The highest BCUT2D eigenvalue weighted by Crippen LogP contribution is 1.99. The summed E-state index contributed by atoms with van der Waals surface area (Å²) in [7, 11) is 0. The number of carbonyl (C=O) groups is 2. The van der Waals surface area contributed by atoms with Gasteiger partial charge < -0.3 is 24.8 Å². The van der Waals surface area contributed by atoms with Gasteiger partial charge in [0.15, 0.2) is 0 Å². The third kappa shape index (κ3) is 5.11. The molecule has 0 aromatic carbocycles. The Labute approximate surface area is 110 Å². The molecule has 1 rings (SSSR count). The maximum absolute atomic E-state index is 11.7. The van der Waals surface area contributed by atoms with Crippen LogP contribution in [0.25, 0.3) is 0 Å². The predicted octanol–water partition coefficient (Wildman–Crippen LogP) is -0.787. The van der Waals surface area contributed by atoms with Gasteiger partial charge in [-0.3, -0.25) is 9.59 Å². The number of hydrogen-bond donors (Lipinski definition) is 3. The SMILES string of the molecule is O=C(NCCC(=O)N(CCO)CCO)c1ccoc1. The van der Waals surface area contributed by atoms with Crippen LogP contribution in [0.2, 0.25) is 0 Å². The number of amides is 2. The van der Waals surface area contributed by atoms with Crippen molar-refractivity contribution in [1.29, 1.82) is 0 Å². The van der Waals surface area contributed by atoms with Crippen molar-refractivity contribution in [3.8, 4) is 0 Å². The molecule has 0 bridgehead atoms. The first-order valence-electron chi connectivity index (χ1n) is 5.99. The van der Waals surface area contributed by atoms with Gasteiger partial charge in [0.1, 0.15) is 6.26 Å². The monoisotopic (exact) mass is 270 g/mol. The van der Waals surface area contributed by atoms with Crippen molar-refractivity contribution in [2.45, 2.75) is 6.42 Å². The Bertz CT molecular complexity index is 385. The molecule has 7 heteroatoms. The van der Waals surface area contributed by atoms with Crippen LogP contribution in [0.4, 0.5) is 0 Å². The number of hydrogen-bond acceptors (Lipinski definition) is 5. The Morgan fingerprint density at radius 1 is 1.26 bits per heavy atom. The number of furan rings is 1. The first-order chi connectivity index (χ1) is 9.19. The van der Waals surface area contributed by atoms with Gasteiger partial charge in [-0.2, -0.15) is 0 Å². The molecule has 0 aliphatic carbocycles. The highest BCUT2D eigenvalue weighted by molar-refractivity contribution is 5.94. The molecule has 0 saturated carbocycles. The first kappa shape index (κ1) is 15.2. The van der Waals surface area contributed by atoms with E-state index in [1.165, 1.54) is 23.5 Å². The van der Waals surface area contributed by atoms with Crippen LogP contribution in [-0.2, 0) is 4.79 Å². The summed E-state index contributed by atoms with van der Waals surface area (Å²) in [6.07, 6.45) is 2.83. The van der Waals surface area contributed by atoms with E-state index in [0.29, 0.717) is 5.56 Å². The van der Waals surface area contributed by atoms with Crippen LogP contribution in [0.5, 0.6) is 0 Å². The Balaban J connectivity index is 2.31. The molecule has 106 valence electrons. The topological polar surface area (TPSA) is 103 Å². The van der Waals surface area contributed by atoms with E-state index >= 15 is 0 Å². The molecule has 0 unspecified atom stereocenters. The van der Waals surface area contributed by atoms with Crippen molar-refractivity contribution in [3.63, 3.8) is 0 Å². The van der Waals surface area contributed by atoms with Gasteiger partial charge in [0.2, 0.25) is 5.91 Å². The maximum Gasteiger partial charge on any atom is 0.254 e. The molecular formula is C12H18N2O5. The van der Waals surface area contributed by atoms with Crippen molar-refractivity contribution < 1.29 is 24.2 Å². The average Bonchev–Trinajstić information content (AvgIpc) is 2.92. The summed E-state index contributed by atoms with van der Waals surface area (Å²) in [5, 5.41) is 20.2. The lowest BCUT2D eigenvalue weighted by atomic mass is 10.3. The van der Waals surface area contributed by atoms with E-state index in [0.717, 1.165) is 0 Å². The molecule has 1 heterocycles. The minimum atomic E-state index is -0.308. The number of rotatable bonds is 8. The molecule has 0 spiro atoms. The van der Waals surface area contributed by atoms with Crippen molar-refractivity contribution in [2.24, 2.45) is 0 Å². The Morgan fingerprint density at radius 2 is 1.95 bits per heavy atom. The van der Waals surface area contributed by atoms with Crippen LogP contribution in [0.3, 0.4) is 0 Å². The summed E-state index contributed by atoms with van der Waals surface area (Å²) in [5.41, 5.74) is 0.398. The quantitative estimate of drug-likeness (QED) is 0.574. The zero-order valence-electron chi connectivity index (χ0n) is 10.5. The summed E-state index contributed by atoms with van der Waals surface area (Å²) in [5.74, 6) is -0.534. The fourth-order valence-electron chi connectivity index (χ4n) is 1.54. The number of aliphatic hydroxyl groups is 2. The smallest absolute Gasteiger partial charge is 0.254 e. The van der Waals surface area contributed by atoms with E-state index in [-0.39, 0.29) is 51.1 Å². The fourth-order valence-corrected chi connectivity index (χ4v) is 1.54. The molecule has 0 fully saturated rings. The van der Waals surface area contributed by atoms with E-state index in [1.807, 2.05) is 0 Å². The number of carbonyl (C=O) groups excluding carboxylic acids is 2. The van der Waals surface area contributed by atoms with Gasteiger partial charge in [-0.1, -0.05) is 0 Å². The number of nitrogens with zero attached hydrogens (tertiary/aromatic N) is 1. The normalized spacial score (nSPS) is 10.2. The fraction of sp³-hybridized carbons (Fsp3) is 0.500. The second-order valence-corrected chi connectivity index (χ2v) is 3.85. The molecule has 0 radical (unpaired) electrons. The standard InChI is InChI=1S/C12H18N2O5/c15-6-4-14(5-7-16)11(17)1-3-13-12(18)10-2-8-19-9-10/h2,8-9,15-16H,1,3-7H2,(H,13,18). The molecule has 0 atom stereocenters. The van der Waals surface area contributed by atoms with E-state index in [4.69, 9.17) is 14.6 Å². The third-order valence-corrected chi connectivity index (χ3v) is 2.50. The summed E-state index contributed by atoms with van der Waals surface area (Å²) < 4.78 is 4.77. The molecule has 1 aromatic heterocycles. The number of aliphatic hydroxyl groups excluding tert-OH is 2. The Morgan fingerprint density at radius 3 is 2.47 bits per heavy atom. The Hall–Kier alpha value is -1.86. The van der Waals surface area contributed by atoms with Crippen molar-refractivity contribution in [1.82, 2.24) is 10.2 Å². The van der Waals surface area contributed by atoms with E-state index < -0.39 is 0 Å². The molecular weight excluding hydrogens is 252 g/mol. The average molecular weight is 270 g/mol. The summed E-state index contributed by atoms with van der Waals surface area (Å²) in [6.45, 7) is 0.223. The van der Waals surface area contributed by atoms with Gasteiger partial charge in [-0.25, -0.2) is 0 Å². The molecule has 19 heavy (non-hydrogen) atoms.